The molecule has 1 aliphatic heterocycles. The number of rotatable bonds is 9. The monoisotopic (exact) mass is 637 g/mol. The number of anilines is 1. The fourth-order valence-corrected chi connectivity index (χ4v) is 6.23. The van der Waals surface area contributed by atoms with Crippen LogP contribution in [0.5, 0.6) is 11.5 Å². The molecule has 0 saturated carbocycles. The molecule has 0 saturated heterocycles. The van der Waals surface area contributed by atoms with E-state index in [9.17, 15) is 18.4 Å². The van der Waals surface area contributed by atoms with Crippen LogP contribution in [0.1, 0.15) is 36.6 Å². The number of ether oxygens (including phenoxy) is 2. The predicted octanol–water partition coefficient (Wildman–Crippen LogP) is 6.13. The van der Waals surface area contributed by atoms with Crippen molar-refractivity contribution in [3.63, 3.8) is 0 Å². The van der Waals surface area contributed by atoms with Crippen LogP contribution >= 0.6 is 11.3 Å². The highest BCUT2D eigenvalue weighted by atomic mass is 32.1. The first kappa shape index (κ1) is 30.7. The maximum Gasteiger partial charge on any atom is 0.271 e. The van der Waals surface area contributed by atoms with Gasteiger partial charge in [0.05, 0.1) is 28.5 Å². The molecule has 0 fully saturated rings. The number of amides is 1. The minimum absolute atomic E-state index is 0.223. The second-order valence-corrected chi connectivity index (χ2v) is 11.5. The maximum atomic E-state index is 14.0. The SMILES string of the molecule is CCOc1cc(/C=c2\sc3n(c2=O)[C@@H](c2ccc(F)cc2)C(C(=O)Nc2ccccc2)=C(C)N=3)ccc1OCc1ccc(F)cc1. The van der Waals surface area contributed by atoms with Crippen molar-refractivity contribution < 1.29 is 23.0 Å². The normalized spacial score (nSPS) is 14.4. The number of hydrogen-bond acceptors (Lipinski definition) is 6. The Bertz CT molecular complexity index is 2110. The van der Waals surface area contributed by atoms with Crippen molar-refractivity contribution in [2.24, 2.45) is 4.99 Å². The van der Waals surface area contributed by atoms with Gasteiger partial charge in [-0.1, -0.05) is 59.9 Å². The molecule has 1 aliphatic rings. The molecule has 0 unspecified atom stereocenters. The molecule has 1 N–H and O–H groups in total. The first-order chi connectivity index (χ1) is 22.3. The number of fused-ring (bicyclic) bond motifs is 1. The second kappa shape index (κ2) is 13.3. The molecule has 0 spiro atoms. The van der Waals surface area contributed by atoms with Gasteiger partial charge in [-0.15, -0.1) is 0 Å². The highest BCUT2D eigenvalue weighted by Gasteiger charge is 2.32. The van der Waals surface area contributed by atoms with Crippen LogP contribution in [0.4, 0.5) is 14.5 Å². The zero-order valence-electron chi connectivity index (χ0n) is 25.0. The number of carbonyl (C=O) groups excluding carboxylic acids is 1. The number of aromatic nitrogens is 1. The van der Waals surface area contributed by atoms with E-state index in [4.69, 9.17) is 9.47 Å². The molecule has 7 nitrogen and oxygen atoms in total. The van der Waals surface area contributed by atoms with E-state index in [-0.39, 0.29) is 23.6 Å². The number of allylic oxidation sites excluding steroid dienone is 1. The van der Waals surface area contributed by atoms with Crippen molar-refractivity contribution >= 4 is 29.0 Å². The van der Waals surface area contributed by atoms with E-state index >= 15 is 0 Å². The molecule has 10 heteroatoms. The lowest BCUT2D eigenvalue weighted by Crippen LogP contribution is -2.40. The van der Waals surface area contributed by atoms with Gasteiger partial charge in [0.2, 0.25) is 0 Å². The molecule has 1 amide bonds. The Morgan fingerprint density at radius 2 is 1.63 bits per heavy atom. The third-order valence-electron chi connectivity index (χ3n) is 7.36. The van der Waals surface area contributed by atoms with Gasteiger partial charge in [0, 0.05) is 5.69 Å². The van der Waals surface area contributed by atoms with Crippen LogP contribution in [0, 0.1) is 11.6 Å². The summed E-state index contributed by atoms with van der Waals surface area (Å²) >= 11 is 1.20. The molecule has 1 aromatic heterocycles. The van der Waals surface area contributed by atoms with Gasteiger partial charge in [-0.2, -0.15) is 0 Å². The number of nitrogens with zero attached hydrogens (tertiary/aromatic N) is 2. The van der Waals surface area contributed by atoms with E-state index in [2.05, 4.69) is 10.3 Å². The fraction of sp³-hybridized carbons (Fsp3) is 0.139. The van der Waals surface area contributed by atoms with Gasteiger partial charge in [-0.25, -0.2) is 13.8 Å². The van der Waals surface area contributed by atoms with Crippen molar-refractivity contribution in [1.82, 2.24) is 4.57 Å². The van der Waals surface area contributed by atoms with Crippen LogP contribution in [-0.4, -0.2) is 17.1 Å². The van der Waals surface area contributed by atoms with Crippen molar-refractivity contribution in [3.8, 4) is 11.5 Å². The lowest BCUT2D eigenvalue weighted by atomic mass is 9.95. The molecule has 5 aromatic rings. The van der Waals surface area contributed by atoms with Gasteiger partial charge in [-0.3, -0.25) is 14.2 Å². The Morgan fingerprint density at radius 1 is 0.935 bits per heavy atom. The predicted molar refractivity (Wildman–Crippen MR) is 174 cm³/mol. The van der Waals surface area contributed by atoms with Crippen LogP contribution in [0.25, 0.3) is 6.08 Å². The average Bonchev–Trinajstić information content (AvgIpc) is 3.35. The summed E-state index contributed by atoms with van der Waals surface area (Å²) in [7, 11) is 0. The maximum absolute atomic E-state index is 14.0. The first-order valence-electron chi connectivity index (χ1n) is 14.6. The first-order valence-corrected chi connectivity index (χ1v) is 15.4. The van der Waals surface area contributed by atoms with E-state index < -0.39 is 17.8 Å². The topological polar surface area (TPSA) is 81.9 Å². The summed E-state index contributed by atoms with van der Waals surface area (Å²) in [6.07, 6.45) is 1.74. The smallest absolute Gasteiger partial charge is 0.271 e. The average molecular weight is 638 g/mol. The number of nitrogens with one attached hydrogen (secondary N) is 1. The molecule has 4 aromatic carbocycles. The summed E-state index contributed by atoms with van der Waals surface area (Å²) in [5.41, 5.74) is 3.06. The summed E-state index contributed by atoms with van der Waals surface area (Å²) in [5, 5.41) is 2.90. The molecule has 46 heavy (non-hydrogen) atoms. The van der Waals surface area contributed by atoms with Crippen LogP contribution in [0.3, 0.4) is 0 Å². The summed E-state index contributed by atoms with van der Waals surface area (Å²) in [5.74, 6) is -0.160. The number of hydrogen-bond donors (Lipinski definition) is 1. The van der Waals surface area contributed by atoms with Gasteiger partial charge in [0.1, 0.15) is 18.2 Å². The lowest BCUT2D eigenvalue weighted by molar-refractivity contribution is -0.113. The van der Waals surface area contributed by atoms with Crippen molar-refractivity contribution in [2.75, 3.05) is 11.9 Å². The number of para-hydroxylation sites is 1. The highest BCUT2D eigenvalue weighted by molar-refractivity contribution is 7.07. The van der Waals surface area contributed by atoms with Gasteiger partial charge >= 0.3 is 0 Å². The number of halogens is 2. The Kier molecular flexibility index (Phi) is 8.89. The molecule has 232 valence electrons. The van der Waals surface area contributed by atoms with Crippen LogP contribution < -0.4 is 29.7 Å². The van der Waals surface area contributed by atoms with Crippen LogP contribution in [0.15, 0.2) is 118 Å². The molecule has 0 radical (unpaired) electrons. The second-order valence-electron chi connectivity index (χ2n) is 10.5. The van der Waals surface area contributed by atoms with E-state index in [0.29, 0.717) is 50.0 Å². The minimum Gasteiger partial charge on any atom is -0.490 e. The molecule has 0 aliphatic carbocycles. The summed E-state index contributed by atoms with van der Waals surface area (Å²) in [6.45, 7) is 4.20. The Hall–Kier alpha value is -5.35. The largest absolute Gasteiger partial charge is 0.490 e. The summed E-state index contributed by atoms with van der Waals surface area (Å²) in [4.78, 5) is 32.8. The third kappa shape index (κ3) is 6.52. The molecule has 6 rings (SSSR count). The molecular formula is C36H29F2N3O4S. The van der Waals surface area contributed by atoms with Crippen molar-refractivity contribution in [1.29, 1.82) is 0 Å². The molecule has 0 bridgehead atoms. The van der Waals surface area contributed by atoms with Crippen LogP contribution in [-0.2, 0) is 11.4 Å². The standard InChI is InChI=1S/C36H29F2N3O4S/c1-3-44-30-19-24(11-18-29(30)45-21-23-9-14-26(37)15-10-23)20-31-35(43)41-33(25-12-16-27(38)17-13-25)32(22(2)39-36(41)46-31)34(42)40-28-7-5-4-6-8-28/h4-20,33H,3,21H2,1-2H3,(H,40,42)/b31-20-/t33-/m0/s1. The van der Waals surface area contributed by atoms with E-state index in [1.165, 1.54) is 40.2 Å². The Balaban J connectivity index is 1.38. The highest BCUT2D eigenvalue weighted by Crippen LogP contribution is 2.32. The summed E-state index contributed by atoms with van der Waals surface area (Å²) < 4.78 is 40.9. The minimum atomic E-state index is -0.830. The molecular weight excluding hydrogens is 608 g/mol. The van der Waals surface area contributed by atoms with E-state index in [1.54, 1.807) is 61.5 Å². The van der Waals surface area contributed by atoms with Gasteiger partial charge in [0.25, 0.3) is 11.5 Å². The van der Waals surface area contributed by atoms with Gasteiger partial charge < -0.3 is 14.8 Å². The number of carbonyl (C=O) groups is 1. The van der Waals surface area contributed by atoms with E-state index in [1.807, 2.05) is 31.2 Å². The fourth-order valence-electron chi connectivity index (χ4n) is 5.19. The van der Waals surface area contributed by atoms with Gasteiger partial charge in [-0.05, 0) is 85.1 Å². The quantitative estimate of drug-likeness (QED) is 0.211. The Labute approximate surface area is 267 Å². The van der Waals surface area contributed by atoms with Crippen molar-refractivity contribution in [3.05, 3.63) is 156 Å². The number of benzene rings is 4. The lowest BCUT2D eigenvalue weighted by Gasteiger charge is -2.25. The Morgan fingerprint density at radius 3 is 2.33 bits per heavy atom. The zero-order valence-corrected chi connectivity index (χ0v) is 25.8. The van der Waals surface area contributed by atoms with E-state index in [0.717, 1.165) is 5.56 Å². The number of thiazole rings is 1. The molecule has 2 heterocycles. The van der Waals surface area contributed by atoms with Gasteiger partial charge in [0.15, 0.2) is 16.3 Å². The molecule has 1 atom stereocenters. The summed E-state index contributed by atoms with van der Waals surface area (Å²) in [6, 6.07) is 25.3. The van der Waals surface area contributed by atoms with Crippen LogP contribution in [0.2, 0.25) is 0 Å². The van der Waals surface area contributed by atoms with Crippen molar-refractivity contribution in [2.45, 2.75) is 26.5 Å². The zero-order chi connectivity index (χ0) is 32.2. The third-order valence-corrected chi connectivity index (χ3v) is 8.34.